The van der Waals surface area contributed by atoms with Crippen LogP contribution in [0.1, 0.15) is 23.3 Å². The number of aromatic nitrogens is 3. The third kappa shape index (κ3) is 1.99. The molecule has 2 saturated carbocycles. The summed E-state index contributed by atoms with van der Waals surface area (Å²) in [6.45, 7) is 0. The predicted octanol–water partition coefficient (Wildman–Crippen LogP) is 1.71. The van der Waals surface area contributed by atoms with Gasteiger partial charge in [0.05, 0.1) is 12.1 Å². The van der Waals surface area contributed by atoms with Crippen molar-refractivity contribution in [3.05, 3.63) is 29.7 Å². The summed E-state index contributed by atoms with van der Waals surface area (Å²) in [6.07, 6.45) is 5.81. The largest absolute Gasteiger partial charge is 0.458 e. The van der Waals surface area contributed by atoms with E-state index in [4.69, 9.17) is 9.47 Å². The van der Waals surface area contributed by atoms with Gasteiger partial charge in [0, 0.05) is 29.6 Å². The lowest BCUT2D eigenvalue weighted by Crippen LogP contribution is -2.36. The van der Waals surface area contributed by atoms with E-state index in [1.807, 2.05) is 0 Å². The number of esters is 2. The Balaban J connectivity index is 1.33. The van der Waals surface area contributed by atoms with Crippen LogP contribution in [0.2, 0.25) is 0 Å². The van der Waals surface area contributed by atoms with E-state index >= 15 is 0 Å². The number of carbonyl (C=O) groups is 2. The van der Waals surface area contributed by atoms with Crippen molar-refractivity contribution in [1.29, 1.82) is 0 Å². The van der Waals surface area contributed by atoms with E-state index in [-0.39, 0.29) is 41.6 Å². The highest BCUT2D eigenvalue weighted by Crippen LogP contribution is 2.55. The Bertz CT molecular complexity index is 824. The molecule has 2 aromatic heterocycles. The molecule has 5 rings (SSSR count). The molecule has 2 aliphatic carbocycles. The van der Waals surface area contributed by atoms with Gasteiger partial charge >= 0.3 is 11.9 Å². The highest BCUT2D eigenvalue weighted by molar-refractivity contribution is 7.13. The molecule has 5 unspecified atom stereocenters. The minimum atomic E-state index is -0.474. The second-order valence-corrected chi connectivity index (χ2v) is 7.26. The van der Waals surface area contributed by atoms with Crippen molar-refractivity contribution >= 4 is 23.3 Å². The van der Waals surface area contributed by atoms with Gasteiger partial charge in [0.25, 0.3) is 0 Å². The van der Waals surface area contributed by atoms with Gasteiger partial charge in [-0.25, -0.2) is 9.78 Å². The maximum Gasteiger partial charge on any atom is 0.358 e. The van der Waals surface area contributed by atoms with Gasteiger partial charge in [-0.3, -0.25) is 14.8 Å². The lowest BCUT2D eigenvalue weighted by molar-refractivity contribution is -0.146. The summed E-state index contributed by atoms with van der Waals surface area (Å²) < 4.78 is 11.1. The molecule has 3 fully saturated rings. The monoisotopic (exact) mass is 343 g/mol. The zero-order valence-electron chi connectivity index (χ0n) is 12.5. The van der Waals surface area contributed by atoms with E-state index < -0.39 is 5.97 Å². The Hall–Kier alpha value is -2.35. The maximum atomic E-state index is 12.4. The number of fused-ring (bicyclic) bond motifs is 1. The first kappa shape index (κ1) is 14.0. The van der Waals surface area contributed by atoms with Crippen LogP contribution < -0.4 is 0 Å². The summed E-state index contributed by atoms with van der Waals surface area (Å²) in [4.78, 5) is 36.7. The Kier molecular flexibility index (Phi) is 2.97. The molecule has 2 bridgehead atoms. The number of nitrogens with zero attached hydrogens (tertiary/aromatic N) is 3. The number of thiazole rings is 1. The number of ether oxygens (including phenoxy) is 2. The van der Waals surface area contributed by atoms with Crippen LogP contribution in [0.4, 0.5) is 0 Å². The Morgan fingerprint density at radius 2 is 2.25 bits per heavy atom. The molecule has 7 nitrogen and oxygen atoms in total. The fourth-order valence-electron chi connectivity index (χ4n) is 4.14. The summed E-state index contributed by atoms with van der Waals surface area (Å²) in [5.41, 5.74) is 0.873. The zero-order chi connectivity index (χ0) is 16.3. The molecule has 0 amide bonds. The maximum absolute atomic E-state index is 12.4. The Labute approximate surface area is 141 Å². The molecule has 8 heteroatoms. The van der Waals surface area contributed by atoms with Gasteiger partial charge in [0.1, 0.15) is 22.9 Å². The van der Waals surface area contributed by atoms with Crippen LogP contribution >= 0.6 is 11.3 Å². The lowest BCUT2D eigenvalue weighted by Gasteiger charge is -2.24. The first-order valence-corrected chi connectivity index (χ1v) is 8.72. The zero-order valence-corrected chi connectivity index (χ0v) is 13.3. The van der Waals surface area contributed by atoms with Crippen molar-refractivity contribution in [3.8, 4) is 10.7 Å². The average Bonchev–Trinajstić information content (AvgIpc) is 3.33. The molecule has 3 heterocycles. The van der Waals surface area contributed by atoms with Gasteiger partial charge in [-0.05, 0) is 12.8 Å². The second kappa shape index (κ2) is 5.07. The molecule has 1 saturated heterocycles. The molecular weight excluding hydrogens is 330 g/mol. The van der Waals surface area contributed by atoms with E-state index in [1.54, 1.807) is 24.0 Å². The van der Waals surface area contributed by atoms with Gasteiger partial charge < -0.3 is 9.47 Å². The first-order chi connectivity index (χ1) is 11.7. The van der Waals surface area contributed by atoms with Crippen molar-refractivity contribution in [1.82, 2.24) is 15.0 Å². The summed E-state index contributed by atoms with van der Waals surface area (Å²) in [7, 11) is 0. The number of hydrogen-bond acceptors (Lipinski definition) is 8. The van der Waals surface area contributed by atoms with Crippen LogP contribution in [0, 0.1) is 17.8 Å². The molecule has 1 aliphatic heterocycles. The molecule has 0 radical (unpaired) electrons. The summed E-state index contributed by atoms with van der Waals surface area (Å²) >= 11 is 1.32. The van der Waals surface area contributed by atoms with E-state index in [2.05, 4.69) is 15.0 Å². The van der Waals surface area contributed by atoms with Crippen molar-refractivity contribution < 1.29 is 19.1 Å². The Morgan fingerprint density at radius 1 is 1.33 bits per heavy atom. The third-order valence-electron chi connectivity index (χ3n) is 5.15. The van der Waals surface area contributed by atoms with E-state index in [1.165, 1.54) is 11.3 Å². The third-order valence-corrected chi connectivity index (χ3v) is 6.02. The molecule has 5 atom stereocenters. The van der Waals surface area contributed by atoms with E-state index in [9.17, 15) is 9.59 Å². The van der Waals surface area contributed by atoms with Crippen LogP contribution in [0.5, 0.6) is 0 Å². The van der Waals surface area contributed by atoms with Crippen molar-refractivity contribution in [2.75, 3.05) is 0 Å². The fourth-order valence-corrected chi connectivity index (χ4v) is 4.89. The summed E-state index contributed by atoms with van der Waals surface area (Å²) in [6, 6.07) is 0. The molecule has 0 N–H and O–H groups in total. The predicted molar refractivity (Wildman–Crippen MR) is 81.9 cm³/mol. The topological polar surface area (TPSA) is 91.3 Å². The molecule has 122 valence electrons. The Morgan fingerprint density at radius 3 is 3.08 bits per heavy atom. The van der Waals surface area contributed by atoms with Gasteiger partial charge in [0.2, 0.25) is 0 Å². The smallest absolute Gasteiger partial charge is 0.358 e. The minimum Gasteiger partial charge on any atom is -0.458 e. The van der Waals surface area contributed by atoms with Gasteiger partial charge in [-0.15, -0.1) is 11.3 Å². The van der Waals surface area contributed by atoms with E-state index in [0.717, 1.165) is 12.8 Å². The highest BCUT2D eigenvalue weighted by Gasteiger charge is 2.63. The fraction of sp³-hybridized carbons (Fsp3) is 0.438. The number of hydrogen-bond donors (Lipinski definition) is 0. The molecule has 24 heavy (non-hydrogen) atoms. The van der Waals surface area contributed by atoms with Gasteiger partial charge in [0.15, 0.2) is 5.69 Å². The SMILES string of the molecule is O=C(OC1C2CC3C(=O)OC1C3C2)c1csc(-c2cnccn2)n1. The summed E-state index contributed by atoms with van der Waals surface area (Å²) in [5, 5.41) is 2.28. The molecule has 0 spiro atoms. The minimum absolute atomic E-state index is 0.0116. The molecule has 3 aliphatic rings. The quantitative estimate of drug-likeness (QED) is 0.783. The van der Waals surface area contributed by atoms with E-state index in [0.29, 0.717) is 10.7 Å². The van der Waals surface area contributed by atoms with Crippen molar-refractivity contribution in [2.24, 2.45) is 17.8 Å². The molecular formula is C16H13N3O4S. The van der Waals surface area contributed by atoms with Crippen LogP contribution in [0.3, 0.4) is 0 Å². The van der Waals surface area contributed by atoms with Crippen LogP contribution in [-0.2, 0) is 14.3 Å². The average molecular weight is 343 g/mol. The van der Waals surface area contributed by atoms with Crippen molar-refractivity contribution in [2.45, 2.75) is 25.0 Å². The number of rotatable bonds is 3. The van der Waals surface area contributed by atoms with Gasteiger partial charge in [-0.2, -0.15) is 0 Å². The van der Waals surface area contributed by atoms with Crippen LogP contribution in [0.15, 0.2) is 24.0 Å². The van der Waals surface area contributed by atoms with Crippen molar-refractivity contribution in [3.63, 3.8) is 0 Å². The van der Waals surface area contributed by atoms with Crippen LogP contribution in [0.25, 0.3) is 10.7 Å². The highest BCUT2D eigenvalue weighted by atomic mass is 32.1. The molecule has 2 aromatic rings. The second-order valence-electron chi connectivity index (χ2n) is 6.40. The molecule has 0 aromatic carbocycles. The lowest BCUT2D eigenvalue weighted by atomic mass is 9.88. The van der Waals surface area contributed by atoms with Gasteiger partial charge in [-0.1, -0.05) is 0 Å². The standard InChI is InChI=1S/C16H13N3O4S/c20-15-9-4-7-3-8(9)13(23-15)12(7)22-16(21)11-6-24-14(19-11)10-5-17-1-2-18-10/h1-2,5-9,12-13H,3-4H2. The first-order valence-electron chi connectivity index (χ1n) is 7.84. The number of carbonyl (C=O) groups excluding carboxylic acids is 2. The summed E-state index contributed by atoms with van der Waals surface area (Å²) in [5.74, 6) is -0.162. The van der Waals surface area contributed by atoms with Crippen LogP contribution in [-0.4, -0.2) is 39.1 Å². The normalized spacial score (nSPS) is 32.8.